The largest absolute Gasteiger partial charge is 0.443 e. The van der Waals surface area contributed by atoms with Gasteiger partial charge < -0.3 is 9.32 Å². The molecule has 1 aliphatic heterocycles. The molecule has 1 saturated carbocycles. The van der Waals surface area contributed by atoms with E-state index in [1.54, 1.807) is 0 Å². The van der Waals surface area contributed by atoms with Crippen molar-refractivity contribution in [3.05, 3.63) is 24.6 Å². The van der Waals surface area contributed by atoms with E-state index in [-0.39, 0.29) is 0 Å². The minimum atomic E-state index is 0.469. The van der Waals surface area contributed by atoms with Crippen LogP contribution >= 0.6 is 0 Å². The number of piperidine rings is 1. The van der Waals surface area contributed by atoms with E-state index in [1.165, 1.54) is 25.2 Å². The lowest BCUT2D eigenvalue weighted by molar-refractivity contribution is 0.309. The number of anilines is 1. The lowest BCUT2D eigenvalue weighted by Gasteiger charge is -2.27. The zero-order valence-electron chi connectivity index (χ0n) is 11.8. The molecule has 1 aromatic heterocycles. The van der Waals surface area contributed by atoms with Gasteiger partial charge in [0.05, 0.1) is 0 Å². The zero-order chi connectivity index (χ0) is 13.2. The number of benzene rings is 1. The van der Waals surface area contributed by atoms with E-state index in [1.807, 2.05) is 0 Å². The van der Waals surface area contributed by atoms with Crippen LogP contribution in [0.2, 0.25) is 0 Å². The number of aromatic nitrogens is 1. The molecule has 0 bridgehead atoms. The van der Waals surface area contributed by atoms with Crippen molar-refractivity contribution in [1.29, 1.82) is 0 Å². The van der Waals surface area contributed by atoms with Crippen LogP contribution in [0.1, 0.15) is 20.8 Å². The summed E-state index contributed by atoms with van der Waals surface area (Å²) >= 11 is 0. The van der Waals surface area contributed by atoms with Crippen LogP contribution in [0.3, 0.4) is 0 Å². The summed E-state index contributed by atoms with van der Waals surface area (Å²) in [6.07, 6.45) is 1.52. The number of fused-ring (bicyclic) bond motifs is 2. The molecule has 2 aromatic rings. The fourth-order valence-corrected chi connectivity index (χ4v) is 4.06. The minimum Gasteiger partial charge on any atom is -0.443 e. The Morgan fingerprint density at radius 3 is 2.63 bits per heavy atom. The first-order valence-corrected chi connectivity index (χ1v) is 7.12. The van der Waals surface area contributed by atoms with Gasteiger partial charge in [0.1, 0.15) is 5.52 Å². The molecule has 2 aliphatic rings. The molecule has 3 heteroatoms. The van der Waals surface area contributed by atoms with Crippen molar-refractivity contribution in [2.24, 2.45) is 23.2 Å². The summed E-state index contributed by atoms with van der Waals surface area (Å²) in [6, 6.07) is 6.35. The van der Waals surface area contributed by atoms with Gasteiger partial charge >= 0.3 is 0 Å². The van der Waals surface area contributed by atoms with Gasteiger partial charge in [0.2, 0.25) is 0 Å². The third-order valence-corrected chi connectivity index (χ3v) is 4.87. The molecule has 2 fully saturated rings. The van der Waals surface area contributed by atoms with E-state index in [9.17, 15) is 0 Å². The van der Waals surface area contributed by atoms with Gasteiger partial charge in [-0.15, -0.1) is 0 Å². The van der Waals surface area contributed by atoms with Gasteiger partial charge in [0, 0.05) is 24.8 Å². The van der Waals surface area contributed by atoms with E-state index < -0.39 is 0 Å². The van der Waals surface area contributed by atoms with Crippen LogP contribution in [0.4, 0.5) is 5.69 Å². The van der Waals surface area contributed by atoms with Gasteiger partial charge in [-0.05, 0) is 35.3 Å². The molecule has 4 rings (SSSR count). The summed E-state index contributed by atoms with van der Waals surface area (Å²) in [5, 5.41) is 0. The number of rotatable bonds is 1. The van der Waals surface area contributed by atoms with Gasteiger partial charge in [0.15, 0.2) is 12.0 Å². The summed E-state index contributed by atoms with van der Waals surface area (Å²) < 4.78 is 5.39. The summed E-state index contributed by atoms with van der Waals surface area (Å²) in [4.78, 5) is 6.67. The lowest BCUT2D eigenvalue weighted by Crippen LogP contribution is -2.27. The predicted octanol–water partition coefficient (Wildman–Crippen LogP) is 3.56. The average Bonchev–Trinajstić information content (AvgIpc) is 2.77. The normalized spacial score (nSPS) is 29.8. The van der Waals surface area contributed by atoms with Gasteiger partial charge in [-0.3, -0.25) is 0 Å². The van der Waals surface area contributed by atoms with Crippen LogP contribution in [0.25, 0.3) is 11.1 Å². The topological polar surface area (TPSA) is 29.3 Å². The quantitative estimate of drug-likeness (QED) is 0.781. The fraction of sp³-hybridized carbons (Fsp3) is 0.562. The molecule has 0 N–H and O–H groups in total. The molecule has 0 amide bonds. The second kappa shape index (κ2) is 3.53. The maximum atomic E-state index is 5.39. The van der Waals surface area contributed by atoms with E-state index in [0.717, 1.165) is 28.9 Å². The molecule has 19 heavy (non-hydrogen) atoms. The predicted molar refractivity (Wildman–Crippen MR) is 76.1 cm³/mol. The van der Waals surface area contributed by atoms with Crippen molar-refractivity contribution < 1.29 is 4.42 Å². The Bertz CT molecular complexity index is 613. The smallest absolute Gasteiger partial charge is 0.181 e. The van der Waals surface area contributed by atoms with Gasteiger partial charge in [-0.25, -0.2) is 4.98 Å². The second-order valence-electron chi connectivity index (χ2n) is 7.13. The molecular formula is C16H20N2O. The van der Waals surface area contributed by atoms with E-state index >= 15 is 0 Å². The molecule has 0 spiro atoms. The van der Waals surface area contributed by atoms with E-state index in [2.05, 4.69) is 48.9 Å². The molecule has 2 atom stereocenters. The van der Waals surface area contributed by atoms with Crippen LogP contribution in [-0.2, 0) is 0 Å². The van der Waals surface area contributed by atoms with Crippen LogP contribution in [0, 0.1) is 23.2 Å². The monoisotopic (exact) mass is 256 g/mol. The number of hydrogen-bond donors (Lipinski definition) is 0. The standard InChI is InChI=1S/C16H20N2O/c1-16(2,3)15-11-7-18(8-12(11)15)10-4-5-13-14(6-10)19-9-17-13/h4-6,9,11-12,15H,7-8H2,1-3H3. The van der Waals surface area contributed by atoms with Gasteiger partial charge in [-0.2, -0.15) is 0 Å². The Morgan fingerprint density at radius 1 is 1.21 bits per heavy atom. The third-order valence-electron chi connectivity index (χ3n) is 4.87. The van der Waals surface area contributed by atoms with Crippen LogP contribution in [0.15, 0.2) is 29.0 Å². The Kier molecular flexibility index (Phi) is 2.10. The van der Waals surface area contributed by atoms with Crippen molar-refractivity contribution in [1.82, 2.24) is 4.98 Å². The summed E-state index contributed by atoms with van der Waals surface area (Å²) in [6.45, 7) is 9.53. The van der Waals surface area contributed by atoms with Crippen molar-refractivity contribution in [2.75, 3.05) is 18.0 Å². The van der Waals surface area contributed by atoms with Crippen molar-refractivity contribution in [2.45, 2.75) is 20.8 Å². The molecule has 100 valence electrons. The second-order valence-corrected chi connectivity index (χ2v) is 7.13. The maximum Gasteiger partial charge on any atom is 0.181 e. The molecule has 0 radical (unpaired) electrons. The molecular weight excluding hydrogens is 236 g/mol. The van der Waals surface area contributed by atoms with E-state index in [0.29, 0.717) is 5.41 Å². The van der Waals surface area contributed by atoms with Crippen LogP contribution in [0.5, 0.6) is 0 Å². The van der Waals surface area contributed by atoms with Crippen LogP contribution < -0.4 is 4.90 Å². The fourth-order valence-electron chi connectivity index (χ4n) is 4.06. The first kappa shape index (κ1) is 11.3. The molecule has 1 aliphatic carbocycles. The average molecular weight is 256 g/mol. The first-order chi connectivity index (χ1) is 9.04. The highest BCUT2D eigenvalue weighted by molar-refractivity contribution is 5.77. The molecule has 2 unspecified atom stereocenters. The highest BCUT2D eigenvalue weighted by Gasteiger charge is 2.59. The Morgan fingerprint density at radius 2 is 1.95 bits per heavy atom. The highest BCUT2D eigenvalue weighted by Crippen LogP contribution is 2.60. The highest BCUT2D eigenvalue weighted by atomic mass is 16.3. The number of hydrogen-bond acceptors (Lipinski definition) is 3. The Hall–Kier alpha value is -1.51. The van der Waals surface area contributed by atoms with Gasteiger partial charge in [-0.1, -0.05) is 20.8 Å². The maximum absolute atomic E-state index is 5.39. The molecule has 2 heterocycles. The SMILES string of the molecule is CC(C)(C)C1C2CN(c3ccc4ncoc4c3)CC21. The Balaban J connectivity index is 1.54. The number of nitrogens with zero attached hydrogens (tertiary/aromatic N) is 2. The third kappa shape index (κ3) is 1.67. The zero-order valence-corrected chi connectivity index (χ0v) is 11.8. The Labute approximate surface area is 113 Å². The lowest BCUT2D eigenvalue weighted by atomic mass is 9.87. The van der Waals surface area contributed by atoms with Crippen molar-refractivity contribution >= 4 is 16.8 Å². The minimum absolute atomic E-state index is 0.469. The summed E-state index contributed by atoms with van der Waals surface area (Å²) in [7, 11) is 0. The van der Waals surface area contributed by atoms with Crippen molar-refractivity contribution in [3.63, 3.8) is 0 Å². The first-order valence-electron chi connectivity index (χ1n) is 7.12. The summed E-state index contributed by atoms with van der Waals surface area (Å²) in [5.41, 5.74) is 3.59. The number of oxazole rings is 1. The van der Waals surface area contributed by atoms with Crippen molar-refractivity contribution in [3.8, 4) is 0 Å². The summed E-state index contributed by atoms with van der Waals surface area (Å²) in [5.74, 6) is 2.70. The molecule has 3 nitrogen and oxygen atoms in total. The molecule has 1 saturated heterocycles. The molecule has 1 aromatic carbocycles. The van der Waals surface area contributed by atoms with E-state index in [4.69, 9.17) is 4.42 Å². The van der Waals surface area contributed by atoms with Gasteiger partial charge in [0.25, 0.3) is 0 Å². The van der Waals surface area contributed by atoms with Crippen LogP contribution in [-0.4, -0.2) is 18.1 Å².